The fourth-order valence-electron chi connectivity index (χ4n) is 7.34. The van der Waals surface area contributed by atoms with Crippen molar-refractivity contribution in [3.8, 4) is 5.75 Å². The highest BCUT2D eigenvalue weighted by Gasteiger charge is 2.51. The summed E-state index contributed by atoms with van der Waals surface area (Å²) in [6, 6.07) is 15.0. The Labute approximate surface area is 229 Å². The van der Waals surface area contributed by atoms with Crippen LogP contribution >= 0.6 is 0 Å². The lowest BCUT2D eigenvalue weighted by atomic mass is 9.70. The van der Waals surface area contributed by atoms with E-state index in [2.05, 4.69) is 66.7 Å². The summed E-state index contributed by atoms with van der Waals surface area (Å²) in [5.41, 5.74) is 6.36. The SMILES string of the molecule is CCC1C[N+]2(Cc3cc(C(C)(C)C)cc(C(C)(C)C)c3)CCC1CC2Cc1cc[n+]([O-])c2ccc(O)cc12. The van der Waals surface area contributed by atoms with Crippen molar-refractivity contribution in [2.24, 2.45) is 11.8 Å². The maximum Gasteiger partial charge on any atom is 0.224 e. The van der Waals surface area contributed by atoms with Gasteiger partial charge in [0.2, 0.25) is 5.52 Å². The zero-order chi connectivity index (χ0) is 27.5. The van der Waals surface area contributed by atoms with Gasteiger partial charge in [0.25, 0.3) is 0 Å². The van der Waals surface area contributed by atoms with E-state index in [9.17, 15) is 10.3 Å². The first-order valence-corrected chi connectivity index (χ1v) is 14.6. The molecule has 1 N–H and O–H groups in total. The first-order valence-electron chi connectivity index (χ1n) is 14.6. The molecule has 0 spiro atoms. The number of benzene rings is 2. The number of fused-ring (bicyclic) bond motifs is 4. The Morgan fingerprint density at radius 2 is 1.66 bits per heavy atom. The molecule has 4 unspecified atom stereocenters. The van der Waals surface area contributed by atoms with Crippen molar-refractivity contribution >= 4 is 10.9 Å². The summed E-state index contributed by atoms with van der Waals surface area (Å²) < 4.78 is 2.06. The molecule has 2 bridgehead atoms. The molecule has 204 valence electrons. The number of pyridine rings is 1. The monoisotopic (exact) mass is 515 g/mol. The van der Waals surface area contributed by atoms with Crippen molar-refractivity contribution in [1.29, 1.82) is 0 Å². The first-order chi connectivity index (χ1) is 17.8. The third kappa shape index (κ3) is 5.04. The highest BCUT2D eigenvalue weighted by molar-refractivity contribution is 5.81. The number of hydrogen-bond acceptors (Lipinski definition) is 2. The molecule has 3 aliphatic heterocycles. The van der Waals surface area contributed by atoms with Crippen LogP contribution in [0.4, 0.5) is 0 Å². The molecule has 0 amide bonds. The summed E-state index contributed by atoms with van der Waals surface area (Å²) in [5, 5.41) is 23.6. The molecule has 3 aliphatic rings. The standard InChI is InChI=1S/C34H46N2O2/c1-8-24-22-36(21-23-15-27(33(2,3)4)19-28(16-23)34(5,6)7)14-12-25(24)17-29(36)18-26-11-13-35(38)32-10-9-30(37)20-31(26)32/h9-11,13,15-16,19-20,24-25,29H,8,12,14,17-18,21-22H2,1-7H3/p+1. The number of aromatic hydroxyl groups is 1. The van der Waals surface area contributed by atoms with Gasteiger partial charge in [-0.15, -0.1) is 0 Å². The third-order valence-electron chi connectivity index (χ3n) is 9.74. The van der Waals surface area contributed by atoms with Gasteiger partial charge in [0.15, 0.2) is 6.20 Å². The molecule has 4 heterocycles. The van der Waals surface area contributed by atoms with Crippen LogP contribution in [0.15, 0.2) is 48.7 Å². The summed E-state index contributed by atoms with van der Waals surface area (Å²) in [6.07, 6.45) is 6.41. The normalized spacial score (nSPS) is 25.7. The number of aromatic nitrogens is 1. The van der Waals surface area contributed by atoms with Crippen LogP contribution in [-0.4, -0.2) is 28.7 Å². The second-order valence-electron chi connectivity index (χ2n) is 14.4. The molecular weight excluding hydrogens is 468 g/mol. The van der Waals surface area contributed by atoms with E-state index in [1.54, 1.807) is 24.4 Å². The molecule has 4 nitrogen and oxygen atoms in total. The smallest absolute Gasteiger partial charge is 0.224 e. The van der Waals surface area contributed by atoms with Gasteiger partial charge in [-0.2, -0.15) is 4.73 Å². The van der Waals surface area contributed by atoms with Crippen molar-refractivity contribution in [2.45, 2.75) is 97.6 Å². The van der Waals surface area contributed by atoms with Crippen molar-refractivity contribution < 1.29 is 14.3 Å². The molecule has 4 atom stereocenters. The summed E-state index contributed by atoms with van der Waals surface area (Å²) in [6.45, 7) is 19.9. The van der Waals surface area contributed by atoms with Gasteiger partial charge in [-0.1, -0.05) is 54.5 Å². The average molecular weight is 516 g/mol. The molecule has 4 heteroatoms. The molecule has 2 aromatic carbocycles. The van der Waals surface area contributed by atoms with E-state index < -0.39 is 0 Å². The lowest BCUT2D eigenvalue weighted by Crippen LogP contribution is -2.66. The number of phenolic OH excluding ortho intramolecular Hbond substituents is 1. The summed E-state index contributed by atoms with van der Waals surface area (Å²) in [4.78, 5) is 0. The molecular formula is C34H47N2O2+. The van der Waals surface area contributed by atoms with Crippen LogP contribution in [0.5, 0.6) is 5.75 Å². The van der Waals surface area contributed by atoms with E-state index in [4.69, 9.17) is 0 Å². The molecule has 1 aromatic heterocycles. The third-order valence-corrected chi connectivity index (χ3v) is 9.74. The van der Waals surface area contributed by atoms with Crippen LogP contribution in [0.3, 0.4) is 0 Å². The number of rotatable bonds is 5. The zero-order valence-electron chi connectivity index (χ0n) is 24.6. The first kappa shape index (κ1) is 27.0. The molecule has 0 radical (unpaired) electrons. The Morgan fingerprint density at radius 1 is 0.974 bits per heavy atom. The largest absolute Gasteiger partial charge is 0.618 e. The van der Waals surface area contributed by atoms with E-state index in [0.717, 1.165) is 39.4 Å². The van der Waals surface area contributed by atoms with Crippen LogP contribution in [0, 0.1) is 17.0 Å². The van der Waals surface area contributed by atoms with E-state index in [-0.39, 0.29) is 16.6 Å². The number of phenols is 1. The Hall–Kier alpha value is -2.59. The molecule has 0 saturated carbocycles. The minimum Gasteiger partial charge on any atom is -0.618 e. The van der Waals surface area contributed by atoms with Crippen molar-refractivity contribution in [3.63, 3.8) is 0 Å². The van der Waals surface area contributed by atoms with Gasteiger partial charge in [-0.3, -0.25) is 0 Å². The predicted molar refractivity (Wildman–Crippen MR) is 156 cm³/mol. The number of quaternary nitrogens is 1. The van der Waals surface area contributed by atoms with Crippen molar-refractivity contribution in [1.82, 2.24) is 0 Å². The summed E-state index contributed by atoms with van der Waals surface area (Å²) >= 11 is 0. The highest BCUT2D eigenvalue weighted by Crippen LogP contribution is 2.46. The fraction of sp³-hybridized carbons (Fsp3) is 0.559. The van der Waals surface area contributed by atoms with Crippen molar-refractivity contribution in [2.75, 3.05) is 13.1 Å². The fourth-order valence-corrected chi connectivity index (χ4v) is 7.34. The van der Waals surface area contributed by atoms with Gasteiger partial charge >= 0.3 is 0 Å². The van der Waals surface area contributed by atoms with E-state index >= 15 is 0 Å². The topological polar surface area (TPSA) is 47.2 Å². The molecule has 6 rings (SSSR count). The van der Waals surface area contributed by atoms with E-state index in [1.165, 1.54) is 54.6 Å². The minimum absolute atomic E-state index is 0.106. The van der Waals surface area contributed by atoms with E-state index in [1.807, 2.05) is 6.07 Å². The van der Waals surface area contributed by atoms with Gasteiger partial charge in [0.05, 0.1) is 24.5 Å². The Bertz CT molecular complexity index is 1300. The molecule has 0 aliphatic carbocycles. The summed E-state index contributed by atoms with van der Waals surface area (Å²) in [7, 11) is 0. The maximum absolute atomic E-state index is 12.5. The zero-order valence-corrected chi connectivity index (χ0v) is 24.6. The molecule has 3 fully saturated rings. The van der Waals surface area contributed by atoms with Crippen LogP contribution < -0.4 is 4.73 Å². The second-order valence-corrected chi connectivity index (χ2v) is 14.4. The quantitative estimate of drug-likeness (QED) is 0.223. The predicted octanol–water partition coefficient (Wildman–Crippen LogP) is 7.15. The molecule has 3 saturated heterocycles. The average Bonchev–Trinajstić information content (AvgIpc) is 2.85. The van der Waals surface area contributed by atoms with Gasteiger partial charge in [0.1, 0.15) is 12.3 Å². The Balaban J connectivity index is 1.56. The van der Waals surface area contributed by atoms with Crippen LogP contribution in [0.25, 0.3) is 10.9 Å². The lowest BCUT2D eigenvalue weighted by Gasteiger charge is -2.58. The van der Waals surface area contributed by atoms with Gasteiger partial charge in [0, 0.05) is 42.9 Å². The Kier molecular flexibility index (Phi) is 6.79. The van der Waals surface area contributed by atoms with Crippen LogP contribution in [-0.2, 0) is 23.8 Å². The summed E-state index contributed by atoms with van der Waals surface area (Å²) in [5.74, 6) is 1.80. The molecule has 3 aromatic rings. The number of hydrogen-bond donors (Lipinski definition) is 1. The highest BCUT2D eigenvalue weighted by atomic mass is 16.5. The van der Waals surface area contributed by atoms with Gasteiger partial charge < -0.3 is 14.8 Å². The van der Waals surface area contributed by atoms with E-state index in [0.29, 0.717) is 11.6 Å². The maximum atomic E-state index is 12.5. The Morgan fingerprint density at radius 3 is 2.29 bits per heavy atom. The number of nitrogens with zero attached hydrogens (tertiary/aromatic N) is 2. The van der Waals surface area contributed by atoms with Gasteiger partial charge in [-0.25, -0.2) is 0 Å². The van der Waals surface area contributed by atoms with Gasteiger partial charge in [-0.05, 0) is 64.1 Å². The van der Waals surface area contributed by atoms with Crippen molar-refractivity contribution in [3.05, 3.63) is 76.1 Å². The lowest BCUT2D eigenvalue weighted by molar-refractivity contribution is -0.982. The second kappa shape index (κ2) is 9.55. The minimum atomic E-state index is 0.106. The van der Waals surface area contributed by atoms with Crippen LogP contribution in [0.2, 0.25) is 0 Å². The number of piperidine rings is 3. The molecule has 38 heavy (non-hydrogen) atoms. The van der Waals surface area contributed by atoms with Crippen LogP contribution in [0.1, 0.15) is 90.0 Å².